The minimum Gasteiger partial charge on any atom is -0.473 e. The molecule has 0 fully saturated rings. The summed E-state index contributed by atoms with van der Waals surface area (Å²) >= 11 is 0. The summed E-state index contributed by atoms with van der Waals surface area (Å²) < 4.78 is 17.7. The van der Waals surface area contributed by atoms with Crippen LogP contribution in [0.25, 0.3) is 5.52 Å². The molecule has 2 aromatic rings. The predicted molar refractivity (Wildman–Crippen MR) is 72.4 cm³/mol. The Bertz CT molecular complexity index is 513. The fraction of sp³-hybridized carbons (Fsp3) is 0.462. The third-order valence-corrected chi connectivity index (χ3v) is 2.59. The Balaban J connectivity index is 1.77. The number of hydrogen-bond donors (Lipinski definition) is 1. The summed E-state index contributed by atoms with van der Waals surface area (Å²) in [5.41, 5.74) is 7.34. The van der Waals surface area contributed by atoms with Crippen LogP contribution in [0.3, 0.4) is 0 Å². The molecule has 0 spiro atoms. The van der Waals surface area contributed by atoms with Crippen LogP contribution in [0, 0.1) is 0 Å². The van der Waals surface area contributed by atoms with Crippen molar-refractivity contribution in [1.82, 2.24) is 9.61 Å². The van der Waals surface area contributed by atoms with Crippen molar-refractivity contribution >= 4 is 11.2 Å². The van der Waals surface area contributed by atoms with E-state index in [4.69, 9.17) is 19.9 Å². The molecule has 0 aromatic carbocycles. The molecular weight excluding hydrogens is 246 g/mol. The average molecular weight is 265 g/mol. The van der Waals surface area contributed by atoms with E-state index in [9.17, 15) is 0 Å². The average Bonchev–Trinajstić information content (AvgIpc) is 2.75. The fourth-order valence-electron chi connectivity index (χ4n) is 1.66. The third-order valence-electron chi connectivity index (χ3n) is 2.59. The van der Waals surface area contributed by atoms with Crippen molar-refractivity contribution in [3.8, 4) is 5.88 Å². The second kappa shape index (κ2) is 6.96. The molecule has 0 saturated carbocycles. The molecule has 0 atom stereocenters. The van der Waals surface area contributed by atoms with Gasteiger partial charge in [-0.25, -0.2) is 4.52 Å². The molecule has 0 saturated heterocycles. The smallest absolute Gasteiger partial charge is 0.257 e. The van der Waals surface area contributed by atoms with Crippen molar-refractivity contribution in [2.75, 3.05) is 38.8 Å². The van der Waals surface area contributed by atoms with Gasteiger partial charge in [-0.15, -0.1) is 5.10 Å². The topological polar surface area (TPSA) is 71.0 Å². The van der Waals surface area contributed by atoms with Crippen molar-refractivity contribution in [3.05, 3.63) is 24.4 Å². The Morgan fingerprint density at radius 2 is 1.95 bits per heavy atom. The highest BCUT2D eigenvalue weighted by molar-refractivity contribution is 5.74. The number of hydrogen-bond acceptors (Lipinski definition) is 5. The molecule has 2 aromatic heterocycles. The van der Waals surface area contributed by atoms with Crippen LogP contribution in [-0.2, 0) is 9.47 Å². The van der Waals surface area contributed by atoms with Crippen molar-refractivity contribution in [2.24, 2.45) is 0 Å². The molecule has 6 nitrogen and oxygen atoms in total. The number of nitrogen functional groups attached to an aromatic ring is 1. The maximum Gasteiger partial charge on any atom is 0.257 e. The number of nitrogens with zero attached hydrogens (tertiary/aromatic N) is 2. The quantitative estimate of drug-likeness (QED) is 0.729. The van der Waals surface area contributed by atoms with Crippen LogP contribution in [0.15, 0.2) is 24.4 Å². The lowest BCUT2D eigenvalue weighted by Crippen LogP contribution is -2.11. The SMILES string of the molecule is CCOCCOCCOc1nn2ccccc2c1N. The van der Waals surface area contributed by atoms with Gasteiger partial charge in [-0.05, 0) is 19.1 Å². The van der Waals surface area contributed by atoms with Gasteiger partial charge in [0.05, 0.1) is 25.3 Å². The highest BCUT2D eigenvalue weighted by Gasteiger charge is 2.09. The Labute approximate surface area is 112 Å². The van der Waals surface area contributed by atoms with Gasteiger partial charge >= 0.3 is 0 Å². The van der Waals surface area contributed by atoms with Crippen molar-refractivity contribution in [2.45, 2.75) is 6.92 Å². The van der Waals surface area contributed by atoms with E-state index >= 15 is 0 Å². The zero-order chi connectivity index (χ0) is 13.5. The molecule has 0 aliphatic carbocycles. The molecule has 0 amide bonds. The molecule has 19 heavy (non-hydrogen) atoms. The summed E-state index contributed by atoms with van der Waals surface area (Å²) in [5.74, 6) is 0.444. The van der Waals surface area contributed by atoms with Crippen LogP contribution in [-0.4, -0.2) is 42.6 Å². The fourth-order valence-corrected chi connectivity index (χ4v) is 1.66. The Kier molecular flexibility index (Phi) is 5.00. The summed E-state index contributed by atoms with van der Waals surface area (Å²) in [7, 11) is 0. The molecule has 2 N–H and O–H groups in total. The van der Waals surface area contributed by atoms with Crippen LogP contribution in [0.1, 0.15) is 6.92 Å². The Hall–Kier alpha value is -1.79. The van der Waals surface area contributed by atoms with E-state index in [0.717, 1.165) is 5.52 Å². The van der Waals surface area contributed by atoms with Gasteiger partial charge < -0.3 is 19.9 Å². The number of fused-ring (bicyclic) bond motifs is 1. The number of anilines is 1. The van der Waals surface area contributed by atoms with Gasteiger partial charge in [0.2, 0.25) is 0 Å². The summed E-state index contributed by atoms with van der Waals surface area (Å²) in [6.07, 6.45) is 1.83. The lowest BCUT2D eigenvalue weighted by Gasteiger charge is -2.05. The second-order valence-electron chi connectivity index (χ2n) is 3.91. The third kappa shape index (κ3) is 3.59. The van der Waals surface area contributed by atoms with Gasteiger partial charge in [-0.2, -0.15) is 0 Å². The number of aromatic nitrogens is 2. The van der Waals surface area contributed by atoms with Crippen LogP contribution >= 0.6 is 0 Å². The predicted octanol–water partition coefficient (Wildman–Crippen LogP) is 1.35. The van der Waals surface area contributed by atoms with E-state index in [1.165, 1.54) is 0 Å². The summed E-state index contributed by atoms with van der Waals surface area (Å²) in [5, 5.41) is 4.25. The van der Waals surface area contributed by atoms with Crippen molar-refractivity contribution < 1.29 is 14.2 Å². The van der Waals surface area contributed by atoms with E-state index in [-0.39, 0.29) is 0 Å². The van der Waals surface area contributed by atoms with Gasteiger partial charge in [-0.3, -0.25) is 0 Å². The lowest BCUT2D eigenvalue weighted by molar-refractivity contribution is 0.0400. The Morgan fingerprint density at radius 1 is 1.16 bits per heavy atom. The monoisotopic (exact) mass is 265 g/mol. The standard InChI is InChI=1S/C13H19N3O3/c1-2-17-7-8-18-9-10-19-13-12(14)11-5-3-4-6-16(11)15-13/h3-6H,2,7-10,14H2,1H3. The van der Waals surface area contributed by atoms with Gasteiger partial charge in [0.1, 0.15) is 12.3 Å². The first-order valence-electron chi connectivity index (χ1n) is 6.34. The summed E-state index contributed by atoms with van der Waals surface area (Å²) in [4.78, 5) is 0. The molecule has 0 radical (unpaired) electrons. The maximum atomic E-state index is 5.95. The molecule has 2 rings (SSSR count). The lowest BCUT2D eigenvalue weighted by atomic mass is 10.4. The van der Waals surface area contributed by atoms with Gasteiger partial charge in [0.25, 0.3) is 5.88 Å². The normalized spacial score (nSPS) is 11.0. The zero-order valence-corrected chi connectivity index (χ0v) is 11.0. The molecule has 6 heteroatoms. The van der Waals surface area contributed by atoms with Crippen LogP contribution in [0.5, 0.6) is 5.88 Å². The second-order valence-corrected chi connectivity index (χ2v) is 3.91. The molecule has 0 aliphatic heterocycles. The number of ether oxygens (including phenoxy) is 3. The minimum absolute atomic E-state index is 0.417. The van der Waals surface area contributed by atoms with E-state index in [1.807, 2.05) is 31.3 Å². The van der Waals surface area contributed by atoms with E-state index in [2.05, 4.69) is 5.10 Å². The van der Waals surface area contributed by atoms with Crippen molar-refractivity contribution in [1.29, 1.82) is 0 Å². The highest BCUT2D eigenvalue weighted by Crippen LogP contribution is 2.24. The number of nitrogens with two attached hydrogens (primary N) is 1. The number of rotatable bonds is 8. The van der Waals surface area contributed by atoms with Crippen LogP contribution in [0.2, 0.25) is 0 Å². The maximum absolute atomic E-state index is 5.95. The van der Waals surface area contributed by atoms with Crippen LogP contribution < -0.4 is 10.5 Å². The van der Waals surface area contributed by atoms with Crippen molar-refractivity contribution in [3.63, 3.8) is 0 Å². The van der Waals surface area contributed by atoms with Gasteiger partial charge in [0, 0.05) is 12.8 Å². The highest BCUT2D eigenvalue weighted by atomic mass is 16.5. The summed E-state index contributed by atoms with van der Waals surface area (Å²) in [6.45, 7) is 4.73. The molecular formula is C13H19N3O3. The largest absolute Gasteiger partial charge is 0.473 e. The molecule has 2 heterocycles. The van der Waals surface area contributed by atoms with Gasteiger partial charge in [0.15, 0.2) is 0 Å². The first-order chi connectivity index (χ1) is 9.33. The molecule has 104 valence electrons. The number of pyridine rings is 1. The van der Waals surface area contributed by atoms with E-state index in [1.54, 1.807) is 4.52 Å². The Morgan fingerprint density at radius 3 is 2.74 bits per heavy atom. The van der Waals surface area contributed by atoms with E-state index in [0.29, 0.717) is 44.6 Å². The van der Waals surface area contributed by atoms with E-state index < -0.39 is 0 Å². The molecule has 0 unspecified atom stereocenters. The zero-order valence-electron chi connectivity index (χ0n) is 11.0. The minimum atomic E-state index is 0.417. The first kappa shape index (κ1) is 13.6. The first-order valence-corrected chi connectivity index (χ1v) is 6.34. The van der Waals surface area contributed by atoms with Gasteiger partial charge in [-0.1, -0.05) is 6.07 Å². The molecule has 0 aliphatic rings. The molecule has 0 bridgehead atoms. The van der Waals surface area contributed by atoms with Crippen LogP contribution in [0.4, 0.5) is 5.69 Å². The summed E-state index contributed by atoms with van der Waals surface area (Å²) in [6, 6.07) is 5.70.